The zero-order valence-electron chi connectivity index (χ0n) is 11.7. The molecule has 0 unspecified atom stereocenters. The molecule has 0 fully saturated rings. The topological polar surface area (TPSA) is 47.0 Å². The van der Waals surface area contributed by atoms with Crippen LogP contribution in [0.5, 0.6) is 5.88 Å². The second-order valence-corrected chi connectivity index (χ2v) is 4.96. The first-order chi connectivity index (χ1) is 9.69. The molecular formula is C15H18ClN3O. The summed E-state index contributed by atoms with van der Waals surface area (Å²) in [7, 11) is 0. The summed E-state index contributed by atoms with van der Waals surface area (Å²) >= 11 is 5.85. The van der Waals surface area contributed by atoms with E-state index in [-0.39, 0.29) is 0 Å². The summed E-state index contributed by atoms with van der Waals surface area (Å²) in [5.41, 5.74) is 1.97. The molecule has 1 aromatic carbocycles. The number of anilines is 1. The molecule has 0 radical (unpaired) electrons. The van der Waals surface area contributed by atoms with E-state index in [0.717, 1.165) is 29.1 Å². The largest absolute Gasteiger partial charge is 0.472 e. The normalized spacial score (nSPS) is 10.3. The van der Waals surface area contributed by atoms with Crippen LogP contribution >= 0.6 is 11.6 Å². The molecule has 2 rings (SSSR count). The maximum absolute atomic E-state index is 5.85. The highest BCUT2D eigenvalue weighted by atomic mass is 35.5. The van der Waals surface area contributed by atoms with E-state index in [0.29, 0.717) is 18.4 Å². The van der Waals surface area contributed by atoms with Crippen molar-refractivity contribution in [2.75, 3.05) is 11.9 Å². The molecule has 0 atom stereocenters. The van der Waals surface area contributed by atoms with Crippen LogP contribution in [0, 0.1) is 6.92 Å². The second-order valence-electron chi connectivity index (χ2n) is 4.52. The summed E-state index contributed by atoms with van der Waals surface area (Å²) < 4.78 is 5.75. The third-order valence-electron chi connectivity index (χ3n) is 2.75. The number of aromatic nitrogens is 2. The van der Waals surface area contributed by atoms with Gasteiger partial charge in [0.1, 0.15) is 6.61 Å². The molecule has 0 saturated heterocycles. The quantitative estimate of drug-likeness (QED) is 0.878. The molecule has 5 heteroatoms. The van der Waals surface area contributed by atoms with Gasteiger partial charge in [0.15, 0.2) is 0 Å². The smallest absolute Gasteiger partial charge is 0.225 e. The van der Waals surface area contributed by atoms with Gasteiger partial charge in [-0.3, -0.25) is 0 Å². The summed E-state index contributed by atoms with van der Waals surface area (Å²) in [6.07, 6.45) is 2.79. The molecule has 0 aliphatic rings. The number of hydrogen-bond donors (Lipinski definition) is 1. The van der Waals surface area contributed by atoms with E-state index in [1.165, 1.54) is 0 Å². The monoisotopic (exact) mass is 291 g/mol. The Morgan fingerprint density at radius 3 is 2.70 bits per heavy atom. The van der Waals surface area contributed by atoms with Gasteiger partial charge < -0.3 is 10.1 Å². The molecule has 0 aliphatic heterocycles. The van der Waals surface area contributed by atoms with E-state index in [2.05, 4.69) is 22.2 Å². The minimum atomic E-state index is 0.461. The Balaban J connectivity index is 2.02. The summed E-state index contributed by atoms with van der Waals surface area (Å²) in [4.78, 5) is 8.60. The van der Waals surface area contributed by atoms with Crippen LogP contribution in [0.3, 0.4) is 0 Å². The van der Waals surface area contributed by atoms with E-state index in [9.17, 15) is 0 Å². The fourth-order valence-corrected chi connectivity index (χ4v) is 1.75. The number of nitrogens with one attached hydrogen (secondary N) is 1. The zero-order valence-corrected chi connectivity index (χ0v) is 12.4. The summed E-state index contributed by atoms with van der Waals surface area (Å²) in [6.45, 7) is 5.34. The minimum absolute atomic E-state index is 0.461. The number of halogens is 1. The third-order valence-corrected chi connectivity index (χ3v) is 3.00. The molecule has 4 nitrogen and oxygen atoms in total. The standard InChI is InChI=1S/C15H18ClN3O/c1-3-8-17-15-18-9-11(2)14(19-15)20-10-12-4-6-13(16)7-5-12/h4-7,9H,3,8,10H2,1-2H3,(H,17,18,19). The lowest BCUT2D eigenvalue weighted by Crippen LogP contribution is -2.07. The van der Waals surface area contributed by atoms with E-state index < -0.39 is 0 Å². The molecule has 0 aliphatic carbocycles. The first kappa shape index (κ1) is 14.6. The number of nitrogens with zero attached hydrogens (tertiary/aromatic N) is 2. The SMILES string of the molecule is CCCNc1ncc(C)c(OCc2ccc(Cl)cc2)n1. The van der Waals surface area contributed by atoms with E-state index in [1.54, 1.807) is 6.20 Å². The summed E-state index contributed by atoms with van der Waals surface area (Å²) in [6, 6.07) is 7.58. The third kappa shape index (κ3) is 4.10. The first-order valence-corrected chi connectivity index (χ1v) is 7.01. The van der Waals surface area contributed by atoms with Crippen molar-refractivity contribution in [1.29, 1.82) is 0 Å². The fourth-order valence-electron chi connectivity index (χ4n) is 1.63. The average Bonchev–Trinajstić information content (AvgIpc) is 2.46. The molecule has 0 bridgehead atoms. The first-order valence-electron chi connectivity index (χ1n) is 6.64. The molecule has 1 aromatic heterocycles. The van der Waals surface area contributed by atoms with Gasteiger partial charge in [0.25, 0.3) is 0 Å². The maximum atomic E-state index is 5.85. The van der Waals surface area contributed by atoms with E-state index in [1.807, 2.05) is 31.2 Å². The van der Waals surface area contributed by atoms with Crippen molar-refractivity contribution in [1.82, 2.24) is 9.97 Å². The molecular weight excluding hydrogens is 274 g/mol. The number of hydrogen-bond acceptors (Lipinski definition) is 4. The molecule has 2 aromatic rings. The number of aryl methyl sites for hydroxylation is 1. The fraction of sp³-hybridized carbons (Fsp3) is 0.333. The summed E-state index contributed by atoms with van der Waals surface area (Å²) in [5.74, 6) is 1.21. The zero-order chi connectivity index (χ0) is 14.4. The van der Waals surface area contributed by atoms with Crippen molar-refractivity contribution in [2.24, 2.45) is 0 Å². The highest BCUT2D eigenvalue weighted by Gasteiger charge is 2.05. The van der Waals surface area contributed by atoms with Crippen molar-refractivity contribution in [3.8, 4) is 5.88 Å². The second kappa shape index (κ2) is 7.10. The Bertz CT molecular complexity index is 558. The molecule has 20 heavy (non-hydrogen) atoms. The lowest BCUT2D eigenvalue weighted by atomic mass is 10.2. The molecule has 0 amide bonds. The van der Waals surface area contributed by atoms with Crippen LogP contribution in [0.25, 0.3) is 0 Å². The van der Waals surface area contributed by atoms with Crippen molar-refractivity contribution in [3.05, 3.63) is 46.6 Å². The Kier molecular flexibility index (Phi) is 5.18. The van der Waals surface area contributed by atoms with Crippen molar-refractivity contribution < 1.29 is 4.74 Å². The lowest BCUT2D eigenvalue weighted by molar-refractivity contribution is 0.291. The van der Waals surface area contributed by atoms with Crippen LogP contribution in [0.4, 0.5) is 5.95 Å². The van der Waals surface area contributed by atoms with Crippen molar-refractivity contribution in [3.63, 3.8) is 0 Å². The number of rotatable bonds is 6. The van der Waals surface area contributed by atoms with Gasteiger partial charge in [-0.25, -0.2) is 4.98 Å². The van der Waals surface area contributed by atoms with Crippen LogP contribution in [0.1, 0.15) is 24.5 Å². The Morgan fingerprint density at radius 1 is 1.25 bits per heavy atom. The van der Waals surface area contributed by atoms with Gasteiger partial charge in [-0.1, -0.05) is 30.7 Å². The van der Waals surface area contributed by atoms with Gasteiger partial charge in [-0.05, 0) is 31.0 Å². The highest BCUT2D eigenvalue weighted by Crippen LogP contribution is 2.17. The van der Waals surface area contributed by atoms with Gasteiger partial charge in [0.05, 0.1) is 0 Å². The van der Waals surface area contributed by atoms with Crippen molar-refractivity contribution in [2.45, 2.75) is 26.9 Å². The maximum Gasteiger partial charge on any atom is 0.225 e. The van der Waals surface area contributed by atoms with Gasteiger partial charge in [-0.15, -0.1) is 0 Å². The van der Waals surface area contributed by atoms with Crippen LogP contribution in [-0.4, -0.2) is 16.5 Å². The highest BCUT2D eigenvalue weighted by molar-refractivity contribution is 6.30. The van der Waals surface area contributed by atoms with Crippen LogP contribution in [0.15, 0.2) is 30.5 Å². The Hall–Kier alpha value is -1.81. The molecule has 1 heterocycles. The number of benzene rings is 1. The van der Waals surface area contributed by atoms with Gasteiger partial charge in [-0.2, -0.15) is 4.98 Å². The Morgan fingerprint density at radius 2 is 2.00 bits per heavy atom. The predicted molar refractivity (Wildman–Crippen MR) is 81.3 cm³/mol. The minimum Gasteiger partial charge on any atom is -0.472 e. The molecule has 1 N–H and O–H groups in total. The van der Waals surface area contributed by atoms with E-state index in [4.69, 9.17) is 16.3 Å². The van der Waals surface area contributed by atoms with Crippen molar-refractivity contribution >= 4 is 17.5 Å². The lowest BCUT2D eigenvalue weighted by Gasteiger charge is -2.10. The molecule has 0 spiro atoms. The molecule has 106 valence electrons. The molecule has 0 saturated carbocycles. The van der Waals surface area contributed by atoms with Gasteiger partial charge in [0.2, 0.25) is 11.8 Å². The summed E-state index contributed by atoms with van der Waals surface area (Å²) in [5, 5.41) is 3.87. The van der Waals surface area contributed by atoms with Gasteiger partial charge >= 0.3 is 0 Å². The van der Waals surface area contributed by atoms with E-state index >= 15 is 0 Å². The van der Waals surface area contributed by atoms with Crippen LogP contribution in [-0.2, 0) is 6.61 Å². The van der Waals surface area contributed by atoms with Crippen LogP contribution < -0.4 is 10.1 Å². The van der Waals surface area contributed by atoms with Crippen LogP contribution in [0.2, 0.25) is 5.02 Å². The van der Waals surface area contributed by atoms with Gasteiger partial charge in [0, 0.05) is 23.3 Å². The number of ether oxygens (including phenoxy) is 1. The Labute approximate surface area is 124 Å². The average molecular weight is 292 g/mol. The predicted octanol–water partition coefficient (Wildman–Crippen LogP) is 3.84.